The Morgan fingerprint density at radius 3 is 2.77 bits per heavy atom. The van der Waals surface area contributed by atoms with Gasteiger partial charge in [-0.2, -0.15) is 4.98 Å². The third-order valence-corrected chi connectivity index (χ3v) is 8.53. The Labute approximate surface area is 236 Å². The fraction of sp³-hybridized carbons (Fsp3) is 0.444. The number of thiophene rings is 1. The normalized spacial score (nSPS) is 16.5. The van der Waals surface area contributed by atoms with E-state index in [1.54, 1.807) is 25.8 Å². The first-order chi connectivity index (χ1) is 18.9. The number of urea groups is 1. The van der Waals surface area contributed by atoms with Crippen molar-refractivity contribution in [2.45, 2.75) is 32.0 Å². The summed E-state index contributed by atoms with van der Waals surface area (Å²) in [7, 11) is 5.37. The number of halogens is 2. The van der Waals surface area contributed by atoms with Crippen molar-refractivity contribution in [3.8, 4) is 5.75 Å². The van der Waals surface area contributed by atoms with E-state index in [2.05, 4.69) is 34.4 Å². The Balaban J connectivity index is 1.42. The summed E-state index contributed by atoms with van der Waals surface area (Å²) in [5.74, 6) is 2.01. The van der Waals surface area contributed by atoms with E-state index in [-0.39, 0.29) is 19.1 Å². The quantitative estimate of drug-likeness (QED) is 0.345. The van der Waals surface area contributed by atoms with Crippen LogP contribution in [0.2, 0.25) is 4.34 Å². The third kappa shape index (κ3) is 5.67. The lowest BCUT2D eigenvalue weighted by Crippen LogP contribution is -2.49. The number of amides is 2. The van der Waals surface area contributed by atoms with Crippen LogP contribution < -0.4 is 19.9 Å². The fourth-order valence-electron chi connectivity index (χ4n) is 5.10. The number of ether oxygens (including phenoxy) is 2. The summed E-state index contributed by atoms with van der Waals surface area (Å²) in [6, 6.07) is 5.84. The summed E-state index contributed by atoms with van der Waals surface area (Å²) in [4.78, 5) is 28.2. The summed E-state index contributed by atoms with van der Waals surface area (Å²) in [6.45, 7) is 2.18. The van der Waals surface area contributed by atoms with Gasteiger partial charge in [-0.15, -0.1) is 11.3 Å². The minimum Gasteiger partial charge on any atom is -0.495 e. The van der Waals surface area contributed by atoms with Crippen molar-refractivity contribution in [1.29, 1.82) is 0 Å². The standard InChI is InChI=1S/C27H32ClFN6O3S/c1-33-8-6-17(7-9-33)18-4-5-21(22(12-18)38-3)31-26-30-14-20-15-35(23-19(13-29)16-39-24(23)28)27(36)34(10-11-37-2)25(20)32-26/h4-5,12,14,16-17H,6-11,13,15H2,1-3H3,(H,30,31,32). The number of benzene rings is 1. The first-order valence-corrected chi connectivity index (χ1v) is 14.1. The smallest absolute Gasteiger partial charge is 0.330 e. The molecule has 0 bridgehead atoms. The van der Waals surface area contributed by atoms with E-state index in [0.29, 0.717) is 51.2 Å². The van der Waals surface area contributed by atoms with Gasteiger partial charge >= 0.3 is 6.03 Å². The summed E-state index contributed by atoms with van der Waals surface area (Å²) >= 11 is 7.57. The Kier molecular flexibility index (Phi) is 8.51. The van der Waals surface area contributed by atoms with Crippen LogP contribution in [0.3, 0.4) is 0 Å². The zero-order valence-electron chi connectivity index (χ0n) is 22.2. The van der Waals surface area contributed by atoms with Crippen LogP contribution in [0.25, 0.3) is 0 Å². The van der Waals surface area contributed by atoms with Crippen LogP contribution in [0, 0.1) is 0 Å². The predicted molar refractivity (Wildman–Crippen MR) is 153 cm³/mol. The van der Waals surface area contributed by atoms with E-state index < -0.39 is 6.67 Å². The minimum atomic E-state index is -0.717. The molecule has 39 heavy (non-hydrogen) atoms. The Morgan fingerprint density at radius 1 is 1.26 bits per heavy atom. The molecule has 0 aliphatic carbocycles. The molecule has 3 aromatic rings. The molecule has 4 heterocycles. The topological polar surface area (TPSA) is 83.1 Å². The van der Waals surface area contributed by atoms with Gasteiger partial charge in [0.1, 0.15) is 22.6 Å². The largest absolute Gasteiger partial charge is 0.495 e. The summed E-state index contributed by atoms with van der Waals surface area (Å²) < 4.78 is 25.0. The molecule has 0 unspecified atom stereocenters. The molecule has 2 aromatic heterocycles. The third-order valence-electron chi connectivity index (χ3n) is 7.28. The number of methoxy groups -OCH3 is 2. The molecule has 5 rings (SSSR count). The van der Waals surface area contributed by atoms with Gasteiger partial charge < -0.3 is 19.7 Å². The van der Waals surface area contributed by atoms with Crippen molar-refractivity contribution in [3.05, 3.63) is 50.8 Å². The average molecular weight is 575 g/mol. The monoisotopic (exact) mass is 574 g/mol. The Morgan fingerprint density at radius 2 is 2.05 bits per heavy atom. The molecule has 0 spiro atoms. The van der Waals surface area contributed by atoms with Crippen molar-refractivity contribution in [1.82, 2.24) is 14.9 Å². The Bertz CT molecular complexity index is 1330. The number of likely N-dealkylation sites (tertiary alicyclic amines) is 1. The van der Waals surface area contributed by atoms with Gasteiger partial charge in [0, 0.05) is 29.8 Å². The number of aromatic nitrogens is 2. The van der Waals surface area contributed by atoms with Gasteiger partial charge in [0.15, 0.2) is 0 Å². The maximum Gasteiger partial charge on any atom is 0.330 e. The van der Waals surface area contributed by atoms with E-state index in [1.165, 1.54) is 26.7 Å². The van der Waals surface area contributed by atoms with E-state index in [1.807, 2.05) is 6.07 Å². The van der Waals surface area contributed by atoms with Crippen molar-refractivity contribution in [2.24, 2.45) is 0 Å². The number of alkyl halides is 1. The number of carbonyl (C=O) groups excluding carboxylic acids is 1. The van der Waals surface area contributed by atoms with Crippen LogP contribution in [-0.2, 0) is 18.0 Å². The van der Waals surface area contributed by atoms with E-state index >= 15 is 0 Å². The number of fused-ring (bicyclic) bond motifs is 1. The van der Waals surface area contributed by atoms with Crippen LogP contribution in [0.15, 0.2) is 29.8 Å². The number of piperidine rings is 1. The molecular formula is C27H32ClFN6O3S. The second kappa shape index (κ2) is 12.0. The van der Waals surface area contributed by atoms with Gasteiger partial charge in [-0.3, -0.25) is 9.80 Å². The van der Waals surface area contributed by atoms with Gasteiger partial charge in [-0.1, -0.05) is 17.7 Å². The van der Waals surface area contributed by atoms with Crippen LogP contribution in [-0.4, -0.2) is 68.4 Å². The molecule has 208 valence electrons. The number of carbonyl (C=O) groups is 1. The molecule has 0 radical (unpaired) electrons. The maximum atomic E-state index is 13.7. The predicted octanol–water partition coefficient (Wildman–Crippen LogP) is 5.82. The van der Waals surface area contributed by atoms with E-state index in [0.717, 1.165) is 31.6 Å². The molecular weight excluding hydrogens is 543 g/mol. The minimum absolute atomic E-state index is 0.177. The number of hydrogen-bond donors (Lipinski definition) is 1. The van der Waals surface area contributed by atoms with Crippen molar-refractivity contribution in [2.75, 3.05) is 62.6 Å². The van der Waals surface area contributed by atoms with Crippen molar-refractivity contribution in [3.63, 3.8) is 0 Å². The first kappa shape index (κ1) is 27.6. The lowest BCUT2D eigenvalue weighted by molar-refractivity contribution is 0.202. The molecule has 1 aromatic carbocycles. The zero-order valence-corrected chi connectivity index (χ0v) is 23.8. The maximum absolute atomic E-state index is 13.7. The van der Waals surface area contributed by atoms with Gasteiger partial charge in [0.2, 0.25) is 5.95 Å². The second-order valence-electron chi connectivity index (χ2n) is 9.73. The molecule has 2 aliphatic heterocycles. The van der Waals surface area contributed by atoms with Gasteiger partial charge in [0.05, 0.1) is 38.2 Å². The Hall–Kier alpha value is -2.99. The highest BCUT2D eigenvalue weighted by Crippen LogP contribution is 2.41. The molecule has 1 fully saturated rings. The van der Waals surface area contributed by atoms with Crippen LogP contribution >= 0.6 is 22.9 Å². The van der Waals surface area contributed by atoms with Gasteiger partial charge in [-0.05, 0) is 56.6 Å². The highest BCUT2D eigenvalue weighted by atomic mass is 35.5. The van der Waals surface area contributed by atoms with Crippen molar-refractivity contribution < 1.29 is 18.7 Å². The molecule has 0 saturated carbocycles. The molecule has 1 N–H and O–H groups in total. The SMILES string of the molecule is COCCN1C(=O)N(c2c(CF)csc2Cl)Cc2cnc(Nc3ccc(C4CCN(C)CC4)cc3OC)nc21. The highest BCUT2D eigenvalue weighted by molar-refractivity contribution is 7.15. The van der Waals surface area contributed by atoms with E-state index in [9.17, 15) is 9.18 Å². The average Bonchev–Trinajstić information content (AvgIpc) is 3.33. The fourth-order valence-corrected chi connectivity index (χ4v) is 6.23. The lowest BCUT2D eigenvalue weighted by Gasteiger charge is -2.36. The second-order valence-corrected chi connectivity index (χ2v) is 11.2. The molecule has 1 saturated heterocycles. The van der Waals surface area contributed by atoms with Crippen LogP contribution in [0.1, 0.15) is 35.4 Å². The molecule has 9 nitrogen and oxygen atoms in total. The number of hydrogen-bond acceptors (Lipinski definition) is 8. The molecule has 0 atom stereocenters. The lowest BCUT2D eigenvalue weighted by atomic mass is 9.89. The van der Waals surface area contributed by atoms with Gasteiger partial charge in [0.25, 0.3) is 0 Å². The molecule has 2 amide bonds. The number of nitrogens with one attached hydrogen (secondary N) is 1. The highest BCUT2D eigenvalue weighted by Gasteiger charge is 2.35. The molecule has 2 aliphatic rings. The van der Waals surface area contributed by atoms with Crippen molar-refractivity contribution >= 4 is 52.1 Å². The summed E-state index contributed by atoms with van der Waals surface area (Å²) in [6.07, 6.45) is 3.91. The van der Waals surface area contributed by atoms with Crippen LogP contribution in [0.5, 0.6) is 5.75 Å². The summed E-state index contributed by atoms with van der Waals surface area (Å²) in [5.41, 5.74) is 3.47. The van der Waals surface area contributed by atoms with Crippen LogP contribution in [0.4, 0.5) is 32.3 Å². The summed E-state index contributed by atoms with van der Waals surface area (Å²) in [5, 5.41) is 4.89. The molecule has 12 heteroatoms. The number of rotatable bonds is 9. The van der Waals surface area contributed by atoms with E-state index in [4.69, 9.17) is 26.1 Å². The number of anilines is 4. The number of nitrogens with zero attached hydrogens (tertiary/aromatic N) is 5. The van der Waals surface area contributed by atoms with Gasteiger partial charge in [-0.25, -0.2) is 14.2 Å². The zero-order chi connectivity index (χ0) is 27.5. The first-order valence-electron chi connectivity index (χ1n) is 12.8.